The smallest absolute Gasteiger partial charge is 0.307 e. The van der Waals surface area contributed by atoms with Gasteiger partial charge in [-0.05, 0) is 0 Å². The van der Waals surface area contributed by atoms with E-state index in [9.17, 15) is 9.59 Å². The number of aliphatic imine (C=N–C) groups is 1. The predicted octanol–water partition coefficient (Wildman–Crippen LogP) is 0.494. The third-order valence-corrected chi connectivity index (χ3v) is 1.02. The van der Waals surface area contributed by atoms with Gasteiger partial charge >= 0.3 is 5.97 Å². The molecule has 11 heavy (non-hydrogen) atoms. The van der Waals surface area contributed by atoms with E-state index in [1.807, 2.05) is 0 Å². The molecule has 0 saturated heterocycles. The number of carbonyl (C=O) groups excluding carboxylic acids is 2. The molecular formula is C6H8ClNO3. The van der Waals surface area contributed by atoms with Crippen LogP contribution in [0.15, 0.2) is 4.99 Å². The van der Waals surface area contributed by atoms with Gasteiger partial charge in [0.05, 0.1) is 13.0 Å². The molecule has 0 unspecified atom stereocenters. The first-order valence-corrected chi connectivity index (χ1v) is 3.60. The van der Waals surface area contributed by atoms with Crippen molar-refractivity contribution in [1.29, 1.82) is 0 Å². The predicted molar refractivity (Wildman–Crippen MR) is 39.3 cm³/mol. The van der Waals surface area contributed by atoms with E-state index in [2.05, 4.69) is 9.73 Å². The lowest BCUT2D eigenvalue weighted by Crippen LogP contribution is -2.07. The SMILES string of the molecule is O=C=NCCOC(=O)CCCl. The van der Waals surface area contributed by atoms with E-state index < -0.39 is 0 Å². The summed E-state index contributed by atoms with van der Waals surface area (Å²) < 4.78 is 4.59. The molecule has 0 aliphatic heterocycles. The topological polar surface area (TPSA) is 55.7 Å². The number of nitrogens with zero attached hydrogens (tertiary/aromatic N) is 1. The first-order chi connectivity index (χ1) is 5.31. The third kappa shape index (κ3) is 7.03. The summed E-state index contributed by atoms with van der Waals surface area (Å²) in [5, 5.41) is 0. The fourth-order valence-electron chi connectivity index (χ4n) is 0.400. The number of ether oxygens (including phenoxy) is 1. The number of halogens is 1. The van der Waals surface area contributed by atoms with Crippen molar-refractivity contribution in [3.05, 3.63) is 0 Å². The molecule has 0 aliphatic rings. The molecule has 0 aromatic rings. The van der Waals surface area contributed by atoms with E-state index >= 15 is 0 Å². The first kappa shape index (κ1) is 10.1. The molecule has 4 nitrogen and oxygen atoms in total. The van der Waals surface area contributed by atoms with Gasteiger partial charge in [-0.1, -0.05) is 0 Å². The zero-order valence-corrected chi connectivity index (χ0v) is 6.63. The van der Waals surface area contributed by atoms with E-state index in [-0.39, 0.29) is 31.4 Å². The van der Waals surface area contributed by atoms with Gasteiger partial charge < -0.3 is 4.74 Å². The Kier molecular flexibility index (Phi) is 6.68. The fraction of sp³-hybridized carbons (Fsp3) is 0.667. The summed E-state index contributed by atoms with van der Waals surface area (Å²) in [6.45, 7) is 0.280. The lowest BCUT2D eigenvalue weighted by atomic mass is 10.5. The van der Waals surface area contributed by atoms with E-state index in [0.717, 1.165) is 0 Å². The second kappa shape index (κ2) is 7.25. The minimum absolute atomic E-state index is 0.116. The summed E-state index contributed by atoms with van der Waals surface area (Å²) in [5.74, 6) is -0.128. The molecule has 0 aromatic heterocycles. The molecule has 0 saturated carbocycles. The molecule has 0 fully saturated rings. The van der Waals surface area contributed by atoms with Gasteiger partial charge in [0.1, 0.15) is 6.61 Å². The average molecular weight is 178 g/mol. The largest absolute Gasteiger partial charge is 0.464 e. The van der Waals surface area contributed by atoms with Crippen molar-refractivity contribution in [3.8, 4) is 0 Å². The van der Waals surface area contributed by atoms with Crippen LogP contribution < -0.4 is 0 Å². The number of carbonyl (C=O) groups is 1. The number of alkyl halides is 1. The van der Waals surface area contributed by atoms with Gasteiger partial charge in [-0.25, -0.2) is 9.79 Å². The molecule has 0 amide bonds. The lowest BCUT2D eigenvalue weighted by molar-refractivity contribution is -0.142. The quantitative estimate of drug-likeness (QED) is 0.202. The highest BCUT2D eigenvalue weighted by atomic mass is 35.5. The summed E-state index contributed by atoms with van der Waals surface area (Å²) in [6, 6.07) is 0. The third-order valence-electron chi connectivity index (χ3n) is 0.829. The minimum atomic E-state index is -0.374. The van der Waals surface area contributed by atoms with E-state index in [1.54, 1.807) is 0 Å². The molecule has 5 heteroatoms. The molecular weight excluding hydrogens is 170 g/mol. The molecule has 62 valence electrons. The van der Waals surface area contributed by atoms with Crippen molar-refractivity contribution >= 4 is 23.7 Å². The monoisotopic (exact) mass is 177 g/mol. The molecule has 0 radical (unpaired) electrons. The van der Waals surface area contributed by atoms with Crippen molar-refractivity contribution in [3.63, 3.8) is 0 Å². The second-order valence-electron chi connectivity index (χ2n) is 1.63. The maximum atomic E-state index is 10.6. The van der Waals surface area contributed by atoms with Crippen LogP contribution in [0.3, 0.4) is 0 Å². The highest BCUT2D eigenvalue weighted by molar-refractivity contribution is 6.18. The minimum Gasteiger partial charge on any atom is -0.464 e. The van der Waals surface area contributed by atoms with Gasteiger partial charge in [-0.3, -0.25) is 4.79 Å². The van der Waals surface area contributed by atoms with Crippen LogP contribution >= 0.6 is 11.6 Å². The Morgan fingerprint density at radius 1 is 1.64 bits per heavy atom. The van der Waals surface area contributed by atoms with E-state index in [1.165, 1.54) is 6.08 Å². The van der Waals surface area contributed by atoms with Gasteiger partial charge in [-0.15, -0.1) is 11.6 Å². The second-order valence-corrected chi connectivity index (χ2v) is 2.01. The highest BCUT2D eigenvalue weighted by Crippen LogP contribution is 1.88. The fourth-order valence-corrected chi connectivity index (χ4v) is 0.554. The number of esters is 1. The Morgan fingerprint density at radius 2 is 2.36 bits per heavy atom. The molecule has 0 aliphatic carbocycles. The Bertz CT molecular complexity index is 165. The van der Waals surface area contributed by atoms with Crippen LogP contribution in [-0.4, -0.2) is 31.1 Å². The molecule has 0 rings (SSSR count). The zero-order chi connectivity index (χ0) is 8.53. The van der Waals surface area contributed by atoms with Crippen molar-refractivity contribution < 1.29 is 14.3 Å². The molecule has 0 spiro atoms. The number of rotatable bonds is 5. The Labute approximate surface area is 69.2 Å². The van der Waals surface area contributed by atoms with Crippen molar-refractivity contribution in [2.45, 2.75) is 6.42 Å². The van der Waals surface area contributed by atoms with E-state index in [4.69, 9.17) is 11.6 Å². The number of isocyanates is 1. The average Bonchev–Trinajstić information content (AvgIpc) is 1.99. The normalized spacial score (nSPS) is 8.45. The van der Waals surface area contributed by atoms with Gasteiger partial charge in [0.25, 0.3) is 0 Å². The molecule has 0 N–H and O–H groups in total. The summed E-state index contributed by atoms with van der Waals surface area (Å²) in [4.78, 5) is 23.3. The van der Waals surface area contributed by atoms with Gasteiger partial charge in [0, 0.05) is 5.88 Å². The zero-order valence-electron chi connectivity index (χ0n) is 5.88. The van der Waals surface area contributed by atoms with Gasteiger partial charge in [-0.2, -0.15) is 0 Å². The van der Waals surface area contributed by atoms with Crippen molar-refractivity contribution in [2.75, 3.05) is 19.0 Å². The standard InChI is InChI=1S/C6H8ClNO3/c7-2-1-6(10)11-4-3-8-5-9/h1-4H2. The Hall–Kier alpha value is -0.860. The van der Waals surface area contributed by atoms with Crippen molar-refractivity contribution in [1.82, 2.24) is 0 Å². The molecule has 0 bridgehead atoms. The van der Waals surface area contributed by atoms with Crippen molar-refractivity contribution in [2.24, 2.45) is 4.99 Å². The van der Waals surface area contributed by atoms with Gasteiger partial charge in [0.15, 0.2) is 0 Å². The summed E-state index contributed by atoms with van der Waals surface area (Å²) in [7, 11) is 0. The van der Waals surface area contributed by atoms with Crippen LogP contribution in [0, 0.1) is 0 Å². The van der Waals surface area contributed by atoms with E-state index in [0.29, 0.717) is 0 Å². The maximum Gasteiger partial charge on any atom is 0.307 e. The van der Waals surface area contributed by atoms with Crippen LogP contribution in [0.5, 0.6) is 0 Å². The Balaban J connectivity index is 3.23. The maximum absolute atomic E-state index is 10.6. The van der Waals surface area contributed by atoms with Crippen LogP contribution in [-0.2, 0) is 14.3 Å². The molecule has 0 aromatic carbocycles. The molecule has 0 heterocycles. The summed E-state index contributed by atoms with van der Waals surface area (Å²) in [6.07, 6.45) is 1.52. The molecule has 0 atom stereocenters. The van der Waals surface area contributed by atoms with Crippen LogP contribution in [0.2, 0.25) is 0 Å². The number of hydrogen-bond donors (Lipinski definition) is 0. The lowest BCUT2D eigenvalue weighted by Gasteiger charge is -1.98. The van der Waals surface area contributed by atoms with Crippen LogP contribution in [0.4, 0.5) is 0 Å². The van der Waals surface area contributed by atoms with Crippen LogP contribution in [0.25, 0.3) is 0 Å². The summed E-state index contributed by atoms with van der Waals surface area (Å²) >= 11 is 5.25. The van der Waals surface area contributed by atoms with Gasteiger partial charge in [0.2, 0.25) is 6.08 Å². The number of hydrogen-bond acceptors (Lipinski definition) is 4. The first-order valence-electron chi connectivity index (χ1n) is 3.06. The Morgan fingerprint density at radius 3 is 2.91 bits per heavy atom. The highest BCUT2D eigenvalue weighted by Gasteiger charge is 1.98. The van der Waals surface area contributed by atoms with Crippen LogP contribution in [0.1, 0.15) is 6.42 Å². The summed E-state index contributed by atoms with van der Waals surface area (Å²) in [5.41, 5.74) is 0.